The van der Waals surface area contributed by atoms with E-state index in [1.54, 1.807) is 11.8 Å². The lowest BCUT2D eigenvalue weighted by molar-refractivity contribution is 0.374. The minimum Gasteiger partial charge on any atom is -0.338 e. The van der Waals surface area contributed by atoms with Gasteiger partial charge in [0.2, 0.25) is 5.89 Å². The van der Waals surface area contributed by atoms with Gasteiger partial charge in [-0.3, -0.25) is 4.57 Å². The zero-order valence-electron chi connectivity index (χ0n) is 17.8. The number of nitrogens with zero attached hydrogens (tertiary/aromatic N) is 5. The van der Waals surface area contributed by atoms with Crippen molar-refractivity contribution in [1.29, 1.82) is 0 Å². The minimum absolute atomic E-state index is 0.0167. The summed E-state index contributed by atoms with van der Waals surface area (Å²) >= 11 is 1.56. The molecule has 0 spiro atoms. The average molecular weight is 412 g/mol. The maximum absolute atomic E-state index is 5.43. The number of hydrogen-bond donors (Lipinski definition) is 0. The van der Waals surface area contributed by atoms with Gasteiger partial charge in [-0.25, -0.2) is 0 Å². The topological polar surface area (TPSA) is 69.6 Å². The van der Waals surface area contributed by atoms with E-state index in [1.807, 2.05) is 13.0 Å². The molecule has 3 aromatic rings. The molecule has 0 aliphatic heterocycles. The summed E-state index contributed by atoms with van der Waals surface area (Å²) in [6.07, 6.45) is 3.67. The zero-order chi connectivity index (χ0) is 21.0. The van der Waals surface area contributed by atoms with Crippen molar-refractivity contribution in [1.82, 2.24) is 24.9 Å². The van der Waals surface area contributed by atoms with Crippen LogP contribution >= 0.6 is 11.8 Å². The van der Waals surface area contributed by atoms with E-state index in [0.717, 1.165) is 35.2 Å². The van der Waals surface area contributed by atoms with Crippen LogP contribution in [0.3, 0.4) is 0 Å². The molecule has 2 aromatic heterocycles. The highest BCUT2D eigenvalue weighted by atomic mass is 32.2. The fourth-order valence-electron chi connectivity index (χ4n) is 2.97. The van der Waals surface area contributed by atoms with Crippen LogP contribution in [-0.2, 0) is 18.4 Å². The van der Waals surface area contributed by atoms with Crippen molar-refractivity contribution in [2.24, 2.45) is 0 Å². The monoisotopic (exact) mass is 411 g/mol. The van der Waals surface area contributed by atoms with E-state index < -0.39 is 0 Å². The molecular weight excluding hydrogens is 382 g/mol. The second-order valence-electron chi connectivity index (χ2n) is 8.09. The average Bonchev–Trinajstić information content (AvgIpc) is 3.30. The van der Waals surface area contributed by atoms with Crippen LogP contribution in [-0.4, -0.2) is 24.9 Å². The van der Waals surface area contributed by atoms with Gasteiger partial charge in [-0.05, 0) is 24.3 Å². The molecule has 1 aromatic carbocycles. The Morgan fingerprint density at radius 1 is 1.21 bits per heavy atom. The largest absolute Gasteiger partial charge is 0.338 e. The summed E-state index contributed by atoms with van der Waals surface area (Å²) in [5, 5.41) is 13.7. The van der Waals surface area contributed by atoms with Crippen LogP contribution in [0.1, 0.15) is 63.6 Å². The normalized spacial score (nSPS) is 12.9. The standard InChI is InChI=1S/C22H29N5OS/c1-7-9-18-23-20(28-26-18)15(3)29-21-25-24-19(27(21)14-8-2)16-10-12-17(13-11-16)22(4,5)6/h8,10-13,15H,2,7,9,14H2,1,3-6H3. The number of hydrogen-bond acceptors (Lipinski definition) is 6. The van der Waals surface area contributed by atoms with Gasteiger partial charge in [0, 0.05) is 18.5 Å². The molecule has 1 unspecified atom stereocenters. The molecule has 0 aliphatic carbocycles. The predicted octanol–water partition coefficient (Wildman–Crippen LogP) is 5.62. The Balaban J connectivity index is 1.85. The van der Waals surface area contributed by atoms with Gasteiger partial charge >= 0.3 is 0 Å². The Morgan fingerprint density at radius 2 is 1.93 bits per heavy atom. The van der Waals surface area contributed by atoms with Gasteiger partial charge in [0.15, 0.2) is 16.8 Å². The number of benzene rings is 1. The first kappa shape index (κ1) is 21.3. The van der Waals surface area contributed by atoms with Gasteiger partial charge in [-0.15, -0.1) is 16.8 Å². The molecule has 1 atom stereocenters. The van der Waals surface area contributed by atoms with Crippen molar-refractivity contribution in [2.75, 3.05) is 0 Å². The van der Waals surface area contributed by atoms with Crippen LogP contribution in [0.4, 0.5) is 0 Å². The van der Waals surface area contributed by atoms with E-state index in [-0.39, 0.29) is 10.7 Å². The molecule has 6 nitrogen and oxygen atoms in total. The van der Waals surface area contributed by atoms with E-state index in [4.69, 9.17) is 4.52 Å². The Bertz CT molecular complexity index is 952. The molecule has 0 fully saturated rings. The zero-order valence-corrected chi connectivity index (χ0v) is 18.7. The highest BCUT2D eigenvalue weighted by molar-refractivity contribution is 7.99. The van der Waals surface area contributed by atoms with Gasteiger partial charge < -0.3 is 4.52 Å². The second kappa shape index (κ2) is 8.95. The molecule has 0 aliphatic rings. The number of rotatable bonds is 8. The molecule has 0 N–H and O–H groups in total. The third-order valence-electron chi connectivity index (χ3n) is 4.62. The van der Waals surface area contributed by atoms with Gasteiger partial charge in [0.1, 0.15) is 0 Å². The molecular formula is C22H29N5OS. The number of aromatic nitrogens is 5. The van der Waals surface area contributed by atoms with Crippen molar-refractivity contribution >= 4 is 11.8 Å². The summed E-state index contributed by atoms with van der Waals surface area (Å²) in [4.78, 5) is 4.49. The molecule has 3 rings (SSSR count). The third-order valence-corrected chi connectivity index (χ3v) is 5.69. The summed E-state index contributed by atoms with van der Waals surface area (Å²) in [6.45, 7) is 15.3. The van der Waals surface area contributed by atoms with E-state index in [2.05, 4.69) is 83.4 Å². The quantitative estimate of drug-likeness (QED) is 0.354. The Kier molecular flexibility index (Phi) is 6.57. The molecule has 29 heavy (non-hydrogen) atoms. The Labute approximate surface area is 176 Å². The first-order valence-electron chi connectivity index (χ1n) is 9.97. The van der Waals surface area contributed by atoms with Gasteiger partial charge in [0.25, 0.3) is 0 Å². The second-order valence-corrected chi connectivity index (χ2v) is 9.40. The van der Waals surface area contributed by atoms with Crippen LogP contribution in [0.25, 0.3) is 11.4 Å². The summed E-state index contributed by atoms with van der Waals surface area (Å²) in [7, 11) is 0. The summed E-state index contributed by atoms with van der Waals surface area (Å²) in [5.41, 5.74) is 2.44. The van der Waals surface area contributed by atoms with Crippen LogP contribution in [0.2, 0.25) is 0 Å². The highest BCUT2D eigenvalue weighted by Crippen LogP contribution is 2.35. The van der Waals surface area contributed by atoms with Gasteiger partial charge in [0.05, 0.1) is 5.25 Å². The van der Waals surface area contributed by atoms with Crippen LogP contribution < -0.4 is 0 Å². The summed E-state index contributed by atoms with van der Waals surface area (Å²) < 4.78 is 7.50. The predicted molar refractivity (Wildman–Crippen MR) is 117 cm³/mol. The summed E-state index contributed by atoms with van der Waals surface area (Å²) in [6, 6.07) is 8.53. The molecule has 0 radical (unpaired) electrons. The van der Waals surface area contributed by atoms with Crippen LogP contribution in [0.5, 0.6) is 0 Å². The molecule has 0 amide bonds. The van der Waals surface area contributed by atoms with Crippen LogP contribution in [0.15, 0.2) is 46.6 Å². The van der Waals surface area contributed by atoms with E-state index >= 15 is 0 Å². The lowest BCUT2D eigenvalue weighted by atomic mass is 9.87. The van der Waals surface area contributed by atoms with Crippen molar-refractivity contribution < 1.29 is 4.52 Å². The molecule has 0 bridgehead atoms. The van der Waals surface area contributed by atoms with Crippen molar-refractivity contribution in [3.8, 4) is 11.4 Å². The molecule has 154 valence electrons. The molecule has 7 heteroatoms. The molecule has 0 saturated carbocycles. The lowest BCUT2D eigenvalue weighted by Gasteiger charge is -2.19. The van der Waals surface area contributed by atoms with Crippen molar-refractivity contribution in [2.45, 2.75) is 69.8 Å². The number of aryl methyl sites for hydroxylation is 1. The van der Waals surface area contributed by atoms with Gasteiger partial charge in [-0.1, -0.05) is 75.0 Å². The van der Waals surface area contributed by atoms with E-state index in [9.17, 15) is 0 Å². The minimum atomic E-state index is -0.0167. The smallest absolute Gasteiger partial charge is 0.239 e. The van der Waals surface area contributed by atoms with Crippen molar-refractivity contribution in [3.05, 3.63) is 54.2 Å². The maximum atomic E-state index is 5.43. The fraction of sp³-hybridized carbons (Fsp3) is 0.455. The highest BCUT2D eigenvalue weighted by Gasteiger charge is 2.21. The first-order valence-corrected chi connectivity index (χ1v) is 10.9. The Morgan fingerprint density at radius 3 is 2.55 bits per heavy atom. The Hall–Kier alpha value is -2.41. The summed E-state index contributed by atoms with van der Waals surface area (Å²) in [5.74, 6) is 2.20. The molecule has 2 heterocycles. The fourth-order valence-corrected chi connectivity index (χ4v) is 3.86. The van der Waals surface area contributed by atoms with Gasteiger partial charge in [-0.2, -0.15) is 4.98 Å². The SMILES string of the molecule is C=CCn1c(SC(C)c2nc(CCC)no2)nnc1-c1ccc(C(C)(C)C)cc1. The van der Waals surface area contributed by atoms with Crippen LogP contribution in [0, 0.1) is 0 Å². The molecule has 0 saturated heterocycles. The van der Waals surface area contributed by atoms with Crippen molar-refractivity contribution in [3.63, 3.8) is 0 Å². The van der Waals surface area contributed by atoms with E-state index in [1.165, 1.54) is 5.56 Å². The third kappa shape index (κ3) is 4.96. The first-order chi connectivity index (χ1) is 13.8. The number of thioether (sulfide) groups is 1. The maximum Gasteiger partial charge on any atom is 0.239 e. The lowest BCUT2D eigenvalue weighted by Crippen LogP contribution is -2.10. The number of allylic oxidation sites excluding steroid dienone is 1. The van der Waals surface area contributed by atoms with E-state index in [0.29, 0.717) is 12.4 Å².